The summed E-state index contributed by atoms with van der Waals surface area (Å²) in [7, 11) is 0. The molecule has 2 N–H and O–H groups in total. The first kappa shape index (κ1) is 18.4. The maximum atomic E-state index is 12.4. The van der Waals surface area contributed by atoms with Crippen LogP contribution < -0.4 is 10.6 Å². The smallest absolute Gasteiger partial charge is 0.251 e. The van der Waals surface area contributed by atoms with Crippen molar-refractivity contribution in [1.82, 2.24) is 15.5 Å². The van der Waals surface area contributed by atoms with Crippen LogP contribution in [-0.2, 0) is 9.53 Å². The highest BCUT2D eigenvalue weighted by molar-refractivity contribution is 5.97. The second kappa shape index (κ2) is 10.1. The average molecular weight is 333 g/mol. The highest BCUT2D eigenvalue weighted by Crippen LogP contribution is 2.03. The van der Waals surface area contributed by atoms with Crippen molar-refractivity contribution < 1.29 is 14.3 Å². The lowest BCUT2D eigenvalue weighted by Crippen LogP contribution is -2.49. The van der Waals surface area contributed by atoms with E-state index < -0.39 is 6.04 Å². The zero-order valence-electron chi connectivity index (χ0n) is 14.3. The molecule has 1 heterocycles. The lowest BCUT2D eigenvalue weighted by atomic mass is 10.1. The monoisotopic (exact) mass is 333 g/mol. The number of nitrogens with one attached hydrogen (secondary N) is 2. The van der Waals surface area contributed by atoms with Crippen molar-refractivity contribution in [2.24, 2.45) is 0 Å². The molecule has 1 aromatic rings. The predicted molar refractivity (Wildman–Crippen MR) is 92.9 cm³/mol. The van der Waals surface area contributed by atoms with E-state index in [1.807, 2.05) is 25.1 Å². The highest BCUT2D eigenvalue weighted by Gasteiger charge is 2.20. The lowest BCUT2D eigenvalue weighted by molar-refractivity contribution is -0.123. The zero-order chi connectivity index (χ0) is 17.2. The largest absolute Gasteiger partial charge is 0.379 e. The van der Waals surface area contributed by atoms with E-state index >= 15 is 0 Å². The third kappa shape index (κ3) is 5.94. The summed E-state index contributed by atoms with van der Waals surface area (Å²) in [6.45, 7) is 6.70. The van der Waals surface area contributed by atoms with E-state index in [2.05, 4.69) is 15.5 Å². The van der Waals surface area contributed by atoms with Crippen LogP contribution >= 0.6 is 0 Å². The molecule has 1 aromatic carbocycles. The molecule has 0 saturated carbocycles. The zero-order valence-corrected chi connectivity index (χ0v) is 14.3. The minimum absolute atomic E-state index is 0.116. The van der Waals surface area contributed by atoms with Gasteiger partial charge in [-0.2, -0.15) is 0 Å². The summed E-state index contributed by atoms with van der Waals surface area (Å²) in [4.78, 5) is 26.9. The number of nitrogens with zero attached hydrogens (tertiary/aromatic N) is 1. The normalized spacial score (nSPS) is 16.4. The van der Waals surface area contributed by atoms with Crippen molar-refractivity contribution in [2.45, 2.75) is 25.8 Å². The first-order valence-corrected chi connectivity index (χ1v) is 8.64. The fraction of sp³-hybridized carbons (Fsp3) is 0.556. The standard InChI is InChI=1S/C18H27N3O3/c1-2-6-16(20-17(22)15-7-4-3-5-8-15)18(23)19-9-10-21-11-13-24-14-12-21/h3-5,7-8,16H,2,6,9-14H2,1H3,(H,19,23)(H,20,22)/t16-/m0/s1. The van der Waals surface area contributed by atoms with Gasteiger partial charge in [0, 0.05) is 31.7 Å². The van der Waals surface area contributed by atoms with E-state index in [9.17, 15) is 9.59 Å². The molecule has 0 aromatic heterocycles. The van der Waals surface area contributed by atoms with Crippen LogP contribution in [0.1, 0.15) is 30.1 Å². The van der Waals surface area contributed by atoms with Crippen molar-refractivity contribution in [2.75, 3.05) is 39.4 Å². The topological polar surface area (TPSA) is 70.7 Å². The predicted octanol–water partition coefficient (Wildman–Crippen LogP) is 1.03. The summed E-state index contributed by atoms with van der Waals surface area (Å²) in [6, 6.07) is 8.48. The molecule has 0 unspecified atom stereocenters. The van der Waals surface area contributed by atoms with Crippen LogP contribution in [0, 0.1) is 0 Å². The van der Waals surface area contributed by atoms with Crippen LogP contribution in [0.4, 0.5) is 0 Å². The van der Waals surface area contributed by atoms with Crippen LogP contribution in [0.2, 0.25) is 0 Å². The molecule has 0 spiro atoms. The third-order valence-electron chi connectivity index (χ3n) is 4.07. The van der Waals surface area contributed by atoms with Crippen molar-refractivity contribution in [3.05, 3.63) is 35.9 Å². The van der Waals surface area contributed by atoms with Crippen LogP contribution in [-0.4, -0.2) is 62.1 Å². The Hall–Kier alpha value is -1.92. The molecule has 2 amide bonds. The second-order valence-corrected chi connectivity index (χ2v) is 5.93. The minimum atomic E-state index is -0.493. The number of rotatable bonds is 8. The van der Waals surface area contributed by atoms with E-state index in [0.717, 1.165) is 39.3 Å². The van der Waals surface area contributed by atoms with Crippen molar-refractivity contribution in [1.29, 1.82) is 0 Å². The van der Waals surface area contributed by atoms with Gasteiger partial charge < -0.3 is 15.4 Å². The summed E-state index contributed by atoms with van der Waals surface area (Å²) in [5.41, 5.74) is 0.569. The molecule has 0 aliphatic carbocycles. The summed E-state index contributed by atoms with van der Waals surface area (Å²) >= 11 is 0. The van der Waals surface area contributed by atoms with E-state index in [1.165, 1.54) is 0 Å². The molecular formula is C18H27N3O3. The van der Waals surface area contributed by atoms with Gasteiger partial charge in [0.05, 0.1) is 13.2 Å². The Morgan fingerprint density at radius 3 is 2.58 bits per heavy atom. The van der Waals surface area contributed by atoms with Gasteiger partial charge >= 0.3 is 0 Å². The number of morpholine rings is 1. The second-order valence-electron chi connectivity index (χ2n) is 5.93. The molecule has 132 valence electrons. The van der Waals surface area contributed by atoms with Gasteiger partial charge in [0.25, 0.3) is 5.91 Å². The van der Waals surface area contributed by atoms with Crippen LogP contribution in [0.15, 0.2) is 30.3 Å². The molecule has 1 aliphatic heterocycles. The maximum Gasteiger partial charge on any atom is 0.251 e. The van der Waals surface area contributed by atoms with Gasteiger partial charge in [-0.3, -0.25) is 14.5 Å². The van der Waals surface area contributed by atoms with Gasteiger partial charge in [0.15, 0.2) is 0 Å². The van der Waals surface area contributed by atoms with Crippen LogP contribution in [0.25, 0.3) is 0 Å². The number of ether oxygens (including phenoxy) is 1. The fourth-order valence-corrected chi connectivity index (χ4v) is 2.67. The summed E-state index contributed by atoms with van der Waals surface area (Å²) in [5, 5.41) is 5.77. The Labute approximate surface area is 143 Å². The molecule has 2 rings (SSSR count). The first-order valence-electron chi connectivity index (χ1n) is 8.64. The molecule has 0 bridgehead atoms. The fourth-order valence-electron chi connectivity index (χ4n) is 2.67. The van der Waals surface area contributed by atoms with Gasteiger partial charge in [0.1, 0.15) is 6.04 Å². The Morgan fingerprint density at radius 1 is 1.21 bits per heavy atom. The lowest BCUT2D eigenvalue weighted by Gasteiger charge is -2.27. The Balaban J connectivity index is 1.79. The number of carbonyl (C=O) groups is 2. The van der Waals surface area contributed by atoms with Gasteiger partial charge in [-0.1, -0.05) is 31.5 Å². The number of carbonyl (C=O) groups excluding carboxylic acids is 2. The van der Waals surface area contributed by atoms with E-state index in [1.54, 1.807) is 12.1 Å². The number of hydrogen-bond donors (Lipinski definition) is 2. The Morgan fingerprint density at radius 2 is 1.92 bits per heavy atom. The minimum Gasteiger partial charge on any atom is -0.379 e. The van der Waals surface area contributed by atoms with Gasteiger partial charge in [-0.25, -0.2) is 0 Å². The molecule has 24 heavy (non-hydrogen) atoms. The van der Waals surface area contributed by atoms with E-state index in [-0.39, 0.29) is 11.8 Å². The molecule has 0 radical (unpaired) electrons. The summed E-state index contributed by atoms with van der Waals surface area (Å²) in [6.07, 6.45) is 1.46. The number of hydrogen-bond acceptors (Lipinski definition) is 4. The van der Waals surface area contributed by atoms with E-state index in [4.69, 9.17) is 4.74 Å². The molecule has 6 heteroatoms. The Kier molecular flexibility index (Phi) is 7.71. The van der Waals surface area contributed by atoms with Crippen molar-refractivity contribution in [3.63, 3.8) is 0 Å². The maximum absolute atomic E-state index is 12.4. The molecule has 1 atom stereocenters. The number of amides is 2. The van der Waals surface area contributed by atoms with Crippen LogP contribution in [0.3, 0.4) is 0 Å². The Bertz CT molecular complexity index is 516. The molecular weight excluding hydrogens is 306 g/mol. The van der Waals surface area contributed by atoms with Gasteiger partial charge in [0.2, 0.25) is 5.91 Å². The van der Waals surface area contributed by atoms with Crippen molar-refractivity contribution >= 4 is 11.8 Å². The molecule has 1 aliphatic rings. The molecule has 1 fully saturated rings. The van der Waals surface area contributed by atoms with Crippen LogP contribution in [0.5, 0.6) is 0 Å². The quantitative estimate of drug-likeness (QED) is 0.746. The summed E-state index contributed by atoms with van der Waals surface area (Å²) in [5.74, 6) is -0.327. The van der Waals surface area contributed by atoms with Gasteiger partial charge in [-0.05, 0) is 18.6 Å². The average Bonchev–Trinajstić information content (AvgIpc) is 2.63. The third-order valence-corrected chi connectivity index (χ3v) is 4.07. The van der Waals surface area contributed by atoms with E-state index in [0.29, 0.717) is 18.5 Å². The summed E-state index contributed by atoms with van der Waals surface area (Å²) < 4.78 is 5.31. The van der Waals surface area contributed by atoms with Gasteiger partial charge in [-0.15, -0.1) is 0 Å². The first-order chi connectivity index (χ1) is 11.7. The molecule has 6 nitrogen and oxygen atoms in total. The number of benzene rings is 1. The SMILES string of the molecule is CCC[C@H](NC(=O)c1ccccc1)C(=O)NCCN1CCOCC1. The van der Waals surface area contributed by atoms with Crippen molar-refractivity contribution in [3.8, 4) is 0 Å². The molecule has 1 saturated heterocycles. The highest BCUT2D eigenvalue weighted by atomic mass is 16.5.